The van der Waals surface area contributed by atoms with Gasteiger partial charge in [0.05, 0.1) is 18.0 Å². The minimum Gasteiger partial charge on any atom is -0.477 e. The SMILES string of the molecule is CNC[C@@H]1C[C@H](N)CN1C(=O)[C@@H]1C[C@H](SC2=C(C(=O)O)N3C(=O)[C@H]([C@@H](C)CC(C)=O)C3[C@H]2C)CN1.[HH]. The molecule has 0 aromatic carbocycles. The average molecular weight is 510 g/mol. The topological polar surface area (TPSA) is 145 Å². The van der Waals surface area contributed by atoms with Crippen LogP contribution >= 0.6 is 11.8 Å². The molecule has 0 bridgehead atoms. The number of rotatable bonds is 9. The molecule has 0 radical (unpaired) electrons. The zero-order valence-electron chi connectivity index (χ0n) is 20.8. The van der Waals surface area contributed by atoms with E-state index in [2.05, 4.69) is 10.6 Å². The number of carbonyl (C=O) groups excluding carboxylic acids is 3. The Morgan fingerprint density at radius 2 is 2.06 bits per heavy atom. The molecule has 4 rings (SSSR count). The number of hydrogen-bond acceptors (Lipinski definition) is 8. The minimum atomic E-state index is -1.10. The van der Waals surface area contributed by atoms with Crippen LogP contribution in [0.2, 0.25) is 0 Å². The summed E-state index contributed by atoms with van der Waals surface area (Å²) < 4.78 is 0. The number of ketones is 1. The van der Waals surface area contributed by atoms with Gasteiger partial charge in [-0.3, -0.25) is 9.59 Å². The van der Waals surface area contributed by atoms with Gasteiger partial charge in [0, 0.05) is 55.6 Å². The normalized spacial score (nSPS) is 35.3. The standard InChI is InChI=1S/C24H37N5O5S.H2/c1-11(5-12(2)30)18-19-13(3)21(20(24(33)34)29(19)23(18)32)35-16-7-17(27-9-16)22(31)28-10-14(25)6-15(28)8-26-4;/h11,13-19,26-27H,5-10,25H2,1-4H3,(H,33,34);1H/t11-,13+,14-,15-,16-,17-,18+,19?;/m0./s1. The Balaban J connectivity index is 0.00000361. The number of amides is 2. The summed E-state index contributed by atoms with van der Waals surface area (Å²) in [5, 5.41) is 16.4. The lowest BCUT2D eigenvalue weighted by Crippen LogP contribution is -2.62. The Morgan fingerprint density at radius 1 is 1.34 bits per heavy atom. The molecule has 0 spiro atoms. The van der Waals surface area contributed by atoms with Crippen molar-refractivity contribution >= 4 is 35.3 Å². The summed E-state index contributed by atoms with van der Waals surface area (Å²) in [4.78, 5) is 54.0. The molecule has 0 aliphatic carbocycles. The smallest absolute Gasteiger partial charge is 0.353 e. The van der Waals surface area contributed by atoms with Crippen LogP contribution in [-0.2, 0) is 19.2 Å². The van der Waals surface area contributed by atoms with Gasteiger partial charge in [0.2, 0.25) is 11.8 Å². The number of thioether (sulfide) groups is 1. The molecule has 4 heterocycles. The number of hydrogen-bond donors (Lipinski definition) is 4. The highest BCUT2D eigenvalue weighted by Crippen LogP contribution is 2.53. The molecule has 4 aliphatic heterocycles. The van der Waals surface area contributed by atoms with Crippen LogP contribution in [0.4, 0.5) is 0 Å². The Labute approximate surface area is 211 Å². The van der Waals surface area contributed by atoms with Crippen molar-refractivity contribution in [3.63, 3.8) is 0 Å². The van der Waals surface area contributed by atoms with Crippen LogP contribution < -0.4 is 16.4 Å². The monoisotopic (exact) mass is 509 g/mol. The summed E-state index contributed by atoms with van der Waals surface area (Å²) in [6.45, 7) is 7.20. The van der Waals surface area contributed by atoms with E-state index in [4.69, 9.17) is 5.73 Å². The molecule has 1 unspecified atom stereocenters. The van der Waals surface area contributed by atoms with Crippen molar-refractivity contribution in [3.05, 3.63) is 10.6 Å². The van der Waals surface area contributed by atoms with Gasteiger partial charge in [-0.15, -0.1) is 11.8 Å². The van der Waals surface area contributed by atoms with Crippen LogP contribution in [0.25, 0.3) is 0 Å². The van der Waals surface area contributed by atoms with E-state index in [9.17, 15) is 24.3 Å². The van der Waals surface area contributed by atoms with E-state index in [0.717, 1.165) is 6.42 Å². The summed E-state index contributed by atoms with van der Waals surface area (Å²) in [7, 11) is 1.86. The van der Waals surface area contributed by atoms with Crippen molar-refractivity contribution in [2.45, 2.75) is 69.5 Å². The quantitative estimate of drug-likeness (QED) is 0.321. The second-order valence-electron chi connectivity index (χ2n) is 10.5. The van der Waals surface area contributed by atoms with E-state index < -0.39 is 5.97 Å². The van der Waals surface area contributed by atoms with Crippen LogP contribution in [0.15, 0.2) is 10.6 Å². The number of likely N-dealkylation sites (tertiary alicyclic amines) is 1. The van der Waals surface area contributed by atoms with Gasteiger partial charge < -0.3 is 36.1 Å². The van der Waals surface area contributed by atoms with E-state index >= 15 is 0 Å². The molecule has 2 amide bonds. The highest BCUT2D eigenvalue weighted by Gasteiger charge is 2.60. The van der Waals surface area contributed by atoms with Crippen molar-refractivity contribution in [3.8, 4) is 0 Å². The van der Waals surface area contributed by atoms with Crippen LogP contribution in [0.1, 0.15) is 41.5 Å². The third-order valence-electron chi connectivity index (χ3n) is 7.87. The van der Waals surface area contributed by atoms with Crippen molar-refractivity contribution in [2.75, 3.05) is 26.7 Å². The fourth-order valence-corrected chi connectivity index (χ4v) is 7.84. The summed E-state index contributed by atoms with van der Waals surface area (Å²) in [6.07, 6.45) is 1.68. The third-order valence-corrected chi connectivity index (χ3v) is 9.38. The van der Waals surface area contributed by atoms with Crippen LogP contribution in [0, 0.1) is 17.8 Å². The molecule has 11 heteroatoms. The van der Waals surface area contributed by atoms with Crippen molar-refractivity contribution in [2.24, 2.45) is 23.5 Å². The first-order valence-electron chi connectivity index (χ1n) is 12.5. The molecule has 3 saturated heterocycles. The van der Waals surface area contributed by atoms with Crippen molar-refractivity contribution in [1.29, 1.82) is 0 Å². The Hall–Kier alpha value is -1.95. The molecule has 4 aliphatic rings. The Bertz CT molecular complexity index is 948. The zero-order chi connectivity index (χ0) is 25.6. The van der Waals surface area contributed by atoms with Gasteiger partial charge in [-0.1, -0.05) is 13.8 Å². The summed E-state index contributed by atoms with van der Waals surface area (Å²) in [5.41, 5.74) is 6.19. The van der Waals surface area contributed by atoms with Crippen molar-refractivity contribution < 1.29 is 25.7 Å². The molecule has 5 N–H and O–H groups in total. The number of fused-ring (bicyclic) bond motifs is 1. The Morgan fingerprint density at radius 3 is 2.69 bits per heavy atom. The number of likely N-dealkylation sites (N-methyl/N-ethyl adjacent to an activating group) is 1. The van der Waals surface area contributed by atoms with Crippen molar-refractivity contribution in [1.82, 2.24) is 20.4 Å². The van der Waals surface area contributed by atoms with E-state index in [1.54, 1.807) is 0 Å². The maximum atomic E-state index is 13.2. The Kier molecular flexibility index (Phi) is 7.61. The number of β-lactam (4-membered cyclic amide) rings is 1. The summed E-state index contributed by atoms with van der Waals surface area (Å²) >= 11 is 1.48. The van der Waals surface area contributed by atoms with E-state index in [-0.39, 0.29) is 71.9 Å². The van der Waals surface area contributed by atoms with Gasteiger partial charge in [-0.2, -0.15) is 0 Å². The first kappa shape index (κ1) is 26.1. The van der Waals surface area contributed by atoms with E-state index in [1.165, 1.54) is 23.6 Å². The van der Waals surface area contributed by atoms with Gasteiger partial charge in [0.25, 0.3) is 0 Å². The fraction of sp³-hybridized carbons (Fsp3) is 0.750. The third kappa shape index (κ3) is 4.75. The lowest BCUT2D eigenvalue weighted by molar-refractivity contribution is -0.160. The molecule has 8 atom stereocenters. The summed E-state index contributed by atoms with van der Waals surface area (Å²) in [6, 6.07) is -0.502. The summed E-state index contributed by atoms with van der Waals surface area (Å²) in [5.74, 6) is -1.84. The largest absolute Gasteiger partial charge is 0.477 e. The van der Waals surface area contributed by atoms with Gasteiger partial charge in [0.1, 0.15) is 11.5 Å². The van der Waals surface area contributed by atoms with Gasteiger partial charge in [-0.05, 0) is 32.7 Å². The first-order valence-corrected chi connectivity index (χ1v) is 13.3. The lowest BCUT2D eigenvalue weighted by atomic mass is 9.73. The lowest BCUT2D eigenvalue weighted by Gasteiger charge is -2.47. The van der Waals surface area contributed by atoms with Crippen LogP contribution in [-0.4, -0.2) is 94.6 Å². The maximum Gasteiger partial charge on any atom is 0.353 e. The number of carbonyl (C=O) groups is 4. The zero-order valence-corrected chi connectivity index (χ0v) is 21.6. The molecular formula is C24H39N5O5S. The predicted octanol–water partition coefficient (Wildman–Crippen LogP) is 0.232. The second-order valence-corrected chi connectivity index (χ2v) is 11.9. The van der Waals surface area contributed by atoms with E-state index in [0.29, 0.717) is 37.4 Å². The average Bonchev–Trinajstić information content (AvgIpc) is 3.44. The highest BCUT2D eigenvalue weighted by molar-refractivity contribution is 8.03. The molecule has 35 heavy (non-hydrogen) atoms. The van der Waals surface area contributed by atoms with Gasteiger partial charge in [-0.25, -0.2) is 4.79 Å². The molecule has 0 aromatic heterocycles. The fourth-order valence-electron chi connectivity index (χ4n) is 6.36. The maximum absolute atomic E-state index is 13.2. The predicted molar refractivity (Wildman–Crippen MR) is 134 cm³/mol. The number of aliphatic carboxylic acids is 1. The van der Waals surface area contributed by atoms with Gasteiger partial charge >= 0.3 is 5.97 Å². The number of Topliss-reactive ketones (excluding diaryl/α,β-unsaturated/α-hetero) is 1. The number of nitrogens with one attached hydrogen (secondary N) is 2. The van der Waals surface area contributed by atoms with Gasteiger partial charge in [0.15, 0.2) is 0 Å². The molecule has 0 aromatic rings. The molecule has 3 fully saturated rings. The number of carboxylic acids is 1. The van der Waals surface area contributed by atoms with Crippen LogP contribution in [0.5, 0.6) is 0 Å². The minimum absolute atomic E-state index is 0. The molecule has 0 saturated carbocycles. The first-order chi connectivity index (χ1) is 16.5. The molecule has 196 valence electrons. The highest BCUT2D eigenvalue weighted by atomic mass is 32.2. The molecule has 10 nitrogen and oxygen atoms in total. The number of carboxylic acid groups (broad SMARTS) is 1. The van der Waals surface area contributed by atoms with Crippen LogP contribution in [0.3, 0.4) is 0 Å². The second kappa shape index (κ2) is 10.2. The number of nitrogens with two attached hydrogens (primary N) is 1. The molecular weight excluding hydrogens is 470 g/mol. The van der Waals surface area contributed by atoms with E-state index in [1.807, 2.05) is 25.8 Å². The number of nitrogens with zero attached hydrogens (tertiary/aromatic N) is 2.